The Labute approximate surface area is 118 Å². The number of nitrogen functional groups attached to an aromatic ring is 1. The Kier molecular flexibility index (Phi) is 3.65. The summed E-state index contributed by atoms with van der Waals surface area (Å²) in [6.45, 7) is 0. The molecular formula is C15H19ClN2O. The number of fused-ring (bicyclic) bond motifs is 1. The lowest BCUT2D eigenvalue weighted by molar-refractivity contribution is 0.330. The normalized spacial score (nSPS) is 17.1. The number of nitrogens with zero attached hydrogens (tertiary/aromatic N) is 1. The van der Waals surface area contributed by atoms with E-state index in [4.69, 9.17) is 21.8 Å². The van der Waals surface area contributed by atoms with Crippen molar-refractivity contribution < 1.29 is 4.42 Å². The Morgan fingerprint density at radius 3 is 2.84 bits per heavy atom. The van der Waals surface area contributed by atoms with Crippen molar-refractivity contribution in [1.82, 2.24) is 4.98 Å². The van der Waals surface area contributed by atoms with Gasteiger partial charge in [-0.05, 0) is 18.4 Å². The van der Waals surface area contributed by atoms with Gasteiger partial charge in [0.15, 0.2) is 11.5 Å². The Morgan fingerprint density at radius 1 is 1.26 bits per heavy atom. The molecule has 0 unspecified atom stereocenters. The molecule has 0 amide bonds. The van der Waals surface area contributed by atoms with E-state index in [9.17, 15) is 0 Å². The Morgan fingerprint density at radius 2 is 2.05 bits per heavy atom. The van der Waals surface area contributed by atoms with Crippen LogP contribution in [0.4, 0.5) is 5.69 Å². The monoisotopic (exact) mass is 278 g/mol. The predicted molar refractivity (Wildman–Crippen MR) is 78.3 cm³/mol. The molecular weight excluding hydrogens is 260 g/mol. The van der Waals surface area contributed by atoms with Gasteiger partial charge in [-0.25, -0.2) is 4.98 Å². The SMILES string of the molecule is Nc1cc2oc(CCC3CCCCC3)nc2cc1Cl. The lowest BCUT2D eigenvalue weighted by Crippen LogP contribution is -2.07. The van der Waals surface area contributed by atoms with Crippen LogP contribution in [0.1, 0.15) is 44.4 Å². The lowest BCUT2D eigenvalue weighted by atomic mass is 9.86. The van der Waals surface area contributed by atoms with Crippen molar-refractivity contribution in [3.8, 4) is 0 Å². The summed E-state index contributed by atoms with van der Waals surface area (Å²) in [5, 5.41) is 0.541. The van der Waals surface area contributed by atoms with Gasteiger partial charge < -0.3 is 10.2 Å². The number of hydrogen-bond acceptors (Lipinski definition) is 3. The van der Waals surface area contributed by atoms with E-state index in [-0.39, 0.29) is 0 Å². The summed E-state index contributed by atoms with van der Waals surface area (Å²) < 4.78 is 5.75. The van der Waals surface area contributed by atoms with E-state index in [0.29, 0.717) is 10.7 Å². The van der Waals surface area contributed by atoms with Gasteiger partial charge in [0, 0.05) is 12.5 Å². The van der Waals surface area contributed by atoms with Crippen LogP contribution >= 0.6 is 11.6 Å². The first-order valence-corrected chi connectivity index (χ1v) is 7.44. The molecule has 0 atom stereocenters. The zero-order chi connectivity index (χ0) is 13.2. The molecule has 102 valence electrons. The van der Waals surface area contributed by atoms with Crippen molar-refractivity contribution in [3.05, 3.63) is 23.0 Å². The number of rotatable bonds is 3. The first-order valence-electron chi connectivity index (χ1n) is 7.07. The van der Waals surface area contributed by atoms with Crippen LogP contribution in [0, 0.1) is 5.92 Å². The number of oxazole rings is 1. The van der Waals surface area contributed by atoms with Crippen LogP contribution in [0.15, 0.2) is 16.5 Å². The number of aromatic nitrogens is 1. The van der Waals surface area contributed by atoms with Crippen molar-refractivity contribution in [2.75, 3.05) is 5.73 Å². The molecule has 0 radical (unpaired) electrons. The summed E-state index contributed by atoms with van der Waals surface area (Å²) in [5.74, 6) is 1.65. The molecule has 0 aliphatic heterocycles. The minimum absolute atomic E-state index is 0.541. The number of hydrogen-bond donors (Lipinski definition) is 1. The fourth-order valence-corrected chi connectivity index (χ4v) is 3.08. The van der Waals surface area contributed by atoms with Crippen molar-refractivity contribution >= 4 is 28.4 Å². The number of nitrogens with two attached hydrogens (primary N) is 1. The zero-order valence-corrected chi connectivity index (χ0v) is 11.7. The molecule has 1 aliphatic carbocycles. The average molecular weight is 279 g/mol. The van der Waals surface area contributed by atoms with Gasteiger partial charge in [-0.15, -0.1) is 0 Å². The van der Waals surface area contributed by atoms with E-state index in [2.05, 4.69) is 4.98 Å². The van der Waals surface area contributed by atoms with Gasteiger partial charge in [-0.1, -0.05) is 43.7 Å². The van der Waals surface area contributed by atoms with E-state index in [1.807, 2.05) is 0 Å². The predicted octanol–water partition coefficient (Wildman–Crippen LogP) is 4.58. The standard InChI is InChI=1S/C15H19ClN2O/c16-11-8-13-14(9-12(11)17)19-15(18-13)7-6-10-4-2-1-3-5-10/h8-10H,1-7,17H2. The maximum absolute atomic E-state index is 5.99. The molecule has 4 heteroatoms. The Hall–Kier alpha value is -1.22. The molecule has 0 saturated heterocycles. The van der Waals surface area contributed by atoms with Gasteiger partial charge in [-0.3, -0.25) is 0 Å². The smallest absolute Gasteiger partial charge is 0.195 e. The fraction of sp³-hybridized carbons (Fsp3) is 0.533. The van der Waals surface area contributed by atoms with Crippen LogP contribution in [0.2, 0.25) is 5.02 Å². The summed E-state index contributed by atoms with van der Waals surface area (Å²) in [5.41, 5.74) is 7.85. The Bertz CT molecular complexity index is 534. The van der Waals surface area contributed by atoms with E-state index >= 15 is 0 Å². The molecule has 0 spiro atoms. The molecule has 2 N–H and O–H groups in total. The molecule has 19 heavy (non-hydrogen) atoms. The lowest BCUT2D eigenvalue weighted by Gasteiger charge is -2.20. The van der Waals surface area contributed by atoms with Crippen LogP contribution in [0.3, 0.4) is 0 Å². The number of anilines is 1. The molecule has 1 aromatic heterocycles. The molecule has 1 aromatic carbocycles. The minimum atomic E-state index is 0.541. The number of aryl methyl sites for hydroxylation is 1. The summed E-state index contributed by atoms with van der Waals surface area (Å²) in [6.07, 6.45) is 8.97. The Balaban J connectivity index is 1.70. The summed E-state index contributed by atoms with van der Waals surface area (Å²) >= 11 is 5.99. The second-order valence-corrected chi connectivity index (χ2v) is 5.90. The van der Waals surface area contributed by atoms with Crippen LogP contribution in [0.25, 0.3) is 11.1 Å². The highest BCUT2D eigenvalue weighted by molar-refractivity contribution is 6.33. The van der Waals surface area contributed by atoms with Gasteiger partial charge >= 0.3 is 0 Å². The molecule has 3 nitrogen and oxygen atoms in total. The zero-order valence-electron chi connectivity index (χ0n) is 11.0. The van der Waals surface area contributed by atoms with Crippen molar-refractivity contribution in [2.45, 2.75) is 44.9 Å². The summed E-state index contributed by atoms with van der Waals surface area (Å²) in [4.78, 5) is 4.49. The van der Waals surface area contributed by atoms with Gasteiger partial charge in [0.25, 0.3) is 0 Å². The highest BCUT2D eigenvalue weighted by atomic mass is 35.5. The van der Waals surface area contributed by atoms with Crippen LogP contribution in [0.5, 0.6) is 0 Å². The van der Waals surface area contributed by atoms with Gasteiger partial charge in [0.2, 0.25) is 0 Å². The largest absolute Gasteiger partial charge is 0.441 e. The number of halogens is 1. The van der Waals surface area contributed by atoms with Crippen molar-refractivity contribution in [2.24, 2.45) is 5.92 Å². The molecule has 1 heterocycles. The average Bonchev–Trinajstić information content (AvgIpc) is 2.80. The van der Waals surface area contributed by atoms with Crippen molar-refractivity contribution in [3.63, 3.8) is 0 Å². The van der Waals surface area contributed by atoms with E-state index in [0.717, 1.165) is 29.3 Å². The maximum atomic E-state index is 5.99. The molecule has 3 rings (SSSR count). The van der Waals surface area contributed by atoms with Gasteiger partial charge in [0.05, 0.1) is 10.7 Å². The highest BCUT2D eigenvalue weighted by Gasteiger charge is 2.15. The third kappa shape index (κ3) is 2.86. The van der Waals surface area contributed by atoms with Gasteiger partial charge in [-0.2, -0.15) is 0 Å². The fourth-order valence-electron chi connectivity index (χ4n) is 2.92. The topological polar surface area (TPSA) is 52.0 Å². The number of benzene rings is 1. The quantitative estimate of drug-likeness (QED) is 0.836. The first kappa shape index (κ1) is 12.8. The molecule has 0 bridgehead atoms. The van der Waals surface area contributed by atoms with E-state index in [1.54, 1.807) is 12.1 Å². The minimum Gasteiger partial charge on any atom is -0.441 e. The molecule has 1 saturated carbocycles. The van der Waals surface area contributed by atoms with Crippen molar-refractivity contribution in [1.29, 1.82) is 0 Å². The second kappa shape index (κ2) is 5.41. The third-order valence-corrected chi connectivity index (χ3v) is 4.37. The van der Waals surface area contributed by atoms with Gasteiger partial charge in [0.1, 0.15) is 5.52 Å². The maximum Gasteiger partial charge on any atom is 0.195 e. The van der Waals surface area contributed by atoms with Crippen LogP contribution < -0.4 is 5.73 Å². The third-order valence-electron chi connectivity index (χ3n) is 4.04. The van der Waals surface area contributed by atoms with Crippen LogP contribution in [-0.2, 0) is 6.42 Å². The summed E-state index contributed by atoms with van der Waals surface area (Å²) in [6, 6.07) is 3.54. The van der Waals surface area contributed by atoms with Crippen LogP contribution in [-0.4, -0.2) is 4.98 Å². The molecule has 1 aliphatic rings. The van der Waals surface area contributed by atoms with E-state index < -0.39 is 0 Å². The molecule has 2 aromatic rings. The second-order valence-electron chi connectivity index (χ2n) is 5.49. The molecule has 1 fully saturated rings. The highest BCUT2D eigenvalue weighted by Crippen LogP contribution is 2.29. The summed E-state index contributed by atoms with van der Waals surface area (Å²) in [7, 11) is 0. The first-order chi connectivity index (χ1) is 9.22. The van der Waals surface area contributed by atoms with E-state index in [1.165, 1.54) is 38.5 Å².